The van der Waals surface area contributed by atoms with Crippen molar-refractivity contribution in [2.75, 3.05) is 6.54 Å². The molecule has 0 saturated heterocycles. The van der Waals surface area contributed by atoms with Crippen molar-refractivity contribution in [1.29, 1.82) is 0 Å². The fraction of sp³-hybridized carbons (Fsp3) is 0.333. The Hall–Kier alpha value is -1.20. The van der Waals surface area contributed by atoms with Crippen LogP contribution in [0.2, 0.25) is 0 Å². The van der Waals surface area contributed by atoms with Crippen LogP contribution in [0.15, 0.2) is 35.2 Å². The highest BCUT2D eigenvalue weighted by Gasteiger charge is 2.15. The number of nitrogens with zero attached hydrogens (tertiary/aromatic N) is 3. The summed E-state index contributed by atoms with van der Waals surface area (Å²) in [4.78, 5) is 4.44. The zero-order chi connectivity index (χ0) is 12.3. The van der Waals surface area contributed by atoms with Gasteiger partial charge in [0.25, 0.3) is 0 Å². The second kappa shape index (κ2) is 5.42. The maximum Gasteiger partial charge on any atom is 0.0782 e. The van der Waals surface area contributed by atoms with E-state index >= 15 is 0 Å². The molecule has 0 fully saturated rings. The molecule has 1 unspecified atom stereocenters. The van der Waals surface area contributed by atoms with Crippen molar-refractivity contribution in [3.63, 3.8) is 0 Å². The van der Waals surface area contributed by atoms with Crippen LogP contribution in [0.3, 0.4) is 0 Å². The molecule has 4 nitrogen and oxygen atoms in total. The smallest absolute Gasteiger partial charge is 0.0782 e. The molecule has 17 heavy (non-hydrogen) atoms. The quantitative estimate of drug-likeness (QED) is 0.941. The van der Waals surface area contributed by atoms with Crippen molar-refractivity contribution < 1.29 is 0 Å². The number of halogens is 1. The maximum atomic E-state index is 4.44. The predicted octanol–water partition coefficient (Wildman–Crippen LogP) is 2.28. The summed E-state index contributed by atoms with van der Waals surface area (Å²) in [7, 11) is 1.92. The third-order valence-corrected chi connectivity index (χ3v) is 2.98. The monoisotopic (exact) mass is 294 g/mol. The molecule has 1 atom stereocenters. The van der Waals surface area contributed by atoms with E-state index in [2.05, 4.69) is 38.3 Å². The van der Waals surface area contributed by atoms with E-state index in [1.165, 1.54) is 0 Å². The predicted molar refractivity (Wildman–Crippen MR) is 70.7 cm³/mol. The van der Waals surface area contributed by atoms with Crippen LogP contribution in [0, 0.1) is 0 Å². The van der Waals surface area contributed by atoms with E-state index in [0.717, 1.165) is 22.3 Å². The van der Waals surface area contributed by atoms with E-state index in [1.807, 2.05) is 37.8 Å². The molecule has 2 aromatic heterocycles. The molecule has 2 heterocycles. The van der Waals surface area contributed by atoms with Gasteiger partial charge in [-0.3, -0.25) is 9.67 Å². The van der Waals surface area contributed by atoms with Crippen LogP contribution < -0.4 is 5.32 Å². The third-order valence-electron chi connectivity index (χ3n) is 2.51. The Labute approximate surface area is 109 Å². The molecule has 5 heteroatoms. The first-order valence-electron chi connectivity index (χ1n) is 5.54. The van der Waals surface area contributed by atoms with Crippen molar-refractivity contribution in [1.82, 2.24) is 20.1 Å². The van der Waals surface area contributed by atoms with Gasteiger partial charge in [0.1, 0.15) is 0 Å². The minimum Gasteiger partial charge on any atom is -0.305 e. The van der Waals surface area contributed by atoms with Crippen molar-refractivity contribution in [3.8, 4) is 0 Å². The largest absolute Gasteiger partial charge is 0.305 e. The number of hydrogen-bond acceptors (Lipinski definition) is 3. The molecule has 0 aliphatic carbocycles. The van der Waals surface area contributed by atoms with Gasteiger partial charge in [-0.2, -0.15) is 5.10 Å². The molecule has 0 spiro atoms. The molecule has 0 bridgehead atoms. The number of aryl methyl sites for hydroxylation is 1. The number of pyridine rings is 1. The molecule has 0 saturated carbocycles. The van der Waals surface area contributed by atoms with Gasteiger partial charge in [-0.05, 0) is 34.6 Å². The Morgan fingerprint density at radius 2 is 2.24 bits per heavy atom. The van der Waals surface area contributed by atoms with Gasteiger partial charge in [-0.1, -0.05) is 6.92 Å². The van der Waals surface area contributed by atoms with Crippen LogP contribution in [0.1, 0.15) is 24.2 Å². The van der Waals surface area contributed by atoms with Gasteiger partial charge in [0.15, 0.2) is 0 Å². The van der Waals surface area contributed by atoms with Gasteiger partial charge in [-0.25, -0.2) is 0 Å². The molecule has 0 radical (unpaired) electrons. The molecule has 1 N–H and O–H groups in total. The van der Waals surface area contributed by atoms with Crippen LogP contribution in [0.25, 0.3) is 0 Å². The third kappa shape index (κ3) is 2.92. The fourth-order valence-corrected chi connectivity index (χ4v) is 1.98. The molecule has 90 valence electrons. The van der Waals surface area contributed by atoms with Crippen molar-refractivity contribution in [3.05, 3.63) is 46.5 Å². The van der Waals surface area contributed by atoms with E-state index in [4.69, 9.17) is 0 Å². The van der Waals surface area contributed by atoms with Gasteiger partial charge in [0, 0.05) is 29.5 Å². The van der Waals surface area contributed by atoms with E-state index in [9.17, 15) is 0 Å². The van der Waals surface area contributed by atoms with Crippen LogP contribution in [0.5, 0.6) is 0 Å². The van der Waals surface area contributed by atoms with E-state index in [1.54, 1.807) is 4.68 Å². The van der Waals surface area contributed by atoms with Gasteiger partial charge < -0.3 is 5.32 Å². The minimum absolute atomic E-state index is 0.0989. The van der Waals surface area contributed by atoms with Crippen molar-refractivity contribution in [2.45, 2.75) is 13.0 Å². The first-order chi connectivity index (χ1) is 8.20. The lowest BCUT2D eigenvalue weighted by molar-refractivity contribution is 0.614. The minimum atomic E-state index is 0.0989. The van der Waals surface area contributed by atoms with Gasteiger partial charge in [0.2, 0.25) is 0 Å². The summed E-state index contributed by atoms with van der Waals surface area (Å²) in [5.74, 6) is 0. The van der Waals surface area contributed by atoms with Crippen LogP contribution >= 0.6 is 15.9 Å². The summed E-state index contributed by atoms with van der Waals surface area (Å²) in [5, 5.41) is 7.62. The first-order valence-corrected chi connectivity index (χ1v) is 6.33. The first kappa shape index (κ1) is 12.3. The normalized spacial score (nSPS) is 12.6. The number of hydrogen-bond donors (Lipinski definition) is 1. The lowest BCUT2D eigenvalue weighted by atomic mass is 10.1. The Morgan fingerprint density at radius 1 is 1.41 bits per heavy atom. The average Bonchev–Trinajstić information content (AvgIpc) is 2.74. The zero-order valence-electron chi connectivity index (χ0n) is 9.89. The number of aromatic nitrogens is 3. The fourth-order valence-electron chi connectivity index (χ4n) is 1.74. The van der Waals surface area contributed by atoms with Crippen LogP contribution in [-0.2, 0) is 7.05 Å². The second-order valence-electron chi connectivity index (χ2n) is 3.84. The molecule has 0 amide bonds. The maximum absolute atomic E-state index is 4.44. The summed E-state index contributed by atoms with van der Waals surface area (Å²) >= 11 is 3.39. The summed E-state index contributed by atoms with van der Waals surface area (Å²) in [5.41, 5.74) is 2.13. The van der Waals surface area contributed by atoms with Gasteiger partial charge >= 0.3 is 0 Å². The summed E-state index contributed by atoms with van der Waals surface area (Å²) < 4.78 is 2.79. The standard InChI is InChI=1S/C12H15BrN4/c1-3-14-12(9-6-16-17(2)8-9)11-5-4-10(13)7-15-11/h4-8,12,14H,3H2,1-2H3. The molecule has 0 aliphatic heterocycles. The highest BCUT2D eigenvalue weighted by Crippen LogP contribution is 2.20. The lowest BCUT2D eigenvalue weighted by Gasteiger charge is -2.15. The van der Waals surface area contributed by atoms with Gasteiger partial charge in [0.05, 0.1) is 17.9 Å². The highest BCUT2D eigenvalue weighted by molar-refractivity contribution is 9.10. The molecule has 0 aromatic carbocycles. The SMILES string of the molecule is CCNC(c1cnn(C)c1)c1ccc(Br)cn1. The Bertz CT molecular complexity index is 478. The van der Waals surface area contributed by atoms with Crippen molar-refractivity contribution >= 4 is 15.9 Å². The Balaban J connectivity index is 2.31. The summed E-state index contributed by atoms with van der Waals surface area (Å²) in [6, 6.07) is 4.12. The van der Waals surface area contributed by atoms with Crippen LogP contribution in [0.4, 0.5) is 0 Å². The Kier molecular flexibility index (Phi) is 3.91. The highest BCUT2D eigenvalue weighted by atomic mass is 79.9. The lowest BCUT2D eigenvalue weighted by Crippen LogP contribution is -2.22. The summed E-state index contributed by atoms with van der Waals surface area (Å²) in [6.07, 6.45) is 5.70. The van der Waals surface area contributed by atoms with E-state index in [-0.39, 0.29) is 6.04 Å². The topological polar surface area (TPSA) is 42.7 Å². The average molecular weight is 295 g/mol. The molecular weight excluding hydrogens is 280 g/mol. The number of rotatable bonds is 4. The van der Waals surface area contributed by atoms with Crippen LogP contribution in [-0.4, -0.2) is 21.3 Å². The van der Waals surface area contributed by atoms with Gasteiger partial charge in [-0.15, -0.1) is 0 Å². The molecular formula is C12H15BrN4. The van der Waals surface area contributed by atoms with Crippen molar-refractivity contribution in [2.24, 2.45) is 7.05 Å². The molecule has 2 rings (SSSR count). The van der Waals surface area contributed by atoms with E-state index < -0.39 is 0 Å². The zero-order valence-corrected chi connectivity index (χ0v) is 11.5. The summed E-state index contributed by atoms with van der Waals surface area (Å²) in [6.45, 7) is 2.97. The molecule has 2 aromatic rings. The second-order valence-corrected chi connectivity index (χ2v) is 4.75. The molecule has 0 aliphatic rings. The number of nitrogens with one attached hydrogen (secondary N) is 1. The van der Waals surface area contributed by atoms with E-state index in [0.29, 0.717) is 0 Å². The Morgan fingerprint density at radius 3 is 2.76 bits per heavy atom.